The Kier molecular flexibility index (Phi) is 6.00. The first-order valence-corrected chi connectivity index (χ1v) is 7.33. The third-order valence-electron chi connectivity index (χ3n) is 3.42. The maximum absolute atomic E-state index is 8.99. The number of hydrogen-bond donors (Lipinski definition) is 1. The lowest BCUT2D eigenvalue weighted by molar-refractivity contribution is -0.0110. The maximum atomic E-state index is 8.99. The molecular formula is C17H16N4O2. The predicted molar refractivity (Wildman–Crippen MR) is 83.0 cm³/mol. The molecule has 0 aliphatic carbocycles. The summed E-state index contributed by atoms with van der Waals surface area (Å²) in [6.07, 6.45) is 3.43. The Morgan fingerprint density at radius 3 is 2.43 bits per heavy atom. The number of anilines is 1. The van der Waals surface area contributed by atoms with Crippen molar-refractivity contribution in [1.82, 2.24) is 0 Å². The Bertz CT molecular complexity index is 667. The van der Waals surface area contributed by atoms with Gasteiger partial charge in [-0.1, -0.05) is 0 Å². The third kappa shape index (κ3) is 4.74. The highest BCUT2D eigenvalue weighted by Gasteiger charge is 2.14. The maximum Gasteiger partial charge on any atom is 0.163 e. The molecule has 0 radical (unpaired) electrons. The summed E-state index contributed by atoms with van der Waals surface area (Å²) in [5, 5.41) is 29.3. The van der Waals surface area contributed by atoms with Crippen LogP contribution < -0.4 is 10.1 Å². The molecule has 0 spiro atoms. The zero-order chi connectivity index (χ0) is 16.5. The molecule has 0 aromatic heterocycles. The van der Waals surface area contributed by atoms with Crippen molar-refractivity contribution in [2.75, 3.05) is 18.5 Å². The van der Waals surface area contributed by atoms with E-state index in [-0.39, 0.29) is 17.4 Å². The number of rotatable bonds is 5. The largest absolute Gasteiger partial charge is 0.491 e. The number of allylic oxidation sites excluding steroid dienone is 2. The minimum absolute atomic E-state index is 0.0701. The molecule has 1 saturated heterocycles. The van der Waals surface area contributed by atoms with Gasteiger partial charge in [0.25, 0.3) is 0 Å². The standard InChI is InChI=1S/C17H16N4O2/c18-9-13(10-19)17(11-20)21-14-4-6-15(7-5-14)23-12-16-3-1-2-8-22-16/h4-7,16,21H,1-3,8,12H2. The highest BCUT2D eigenvalue weighted by molar-refractivity contribution is 5.58. The van der Waals surface area contributed by atoms with E-state index in [2.05, 4.69) is 5.32 Å². The first-order chi connectivity index (χ1) is 11.3. The predicted octanol–water partition coefficient (Wildman–Crippen LogP) is 2.87. The fourth-order valence-electron chi connectivity index (χ4n) is 2.19. The Morgan fingerprint density at radius 1 is 1.13 bits per heavy atom. The van der Waals surface area contributed by atoms with Crippen molar-refractivity contribution < 1.29 is 9.47 Å². The fraction of sp³-hybridized carbons (Fsp3) is 0.353. The number of benzene rings is 1. The summed E-state index contributed by atoms with van der Waals surface area (Å²) in [5.41, 5.74) is 0.285. The van der Waals surface area contributed by atoms with Crippen LogP contribution in [-0.4, -0.2) is 19.3 Å². The first kappa shape index (κ1) is 16.4. The smallest absolute Gasteiger partial charge is 0.163 e. The number of nitrogens with zero attached hydrogens (tertiary/aromatic N) is 3. The zero-order valence-electron chi connectivity index (χ0n) is 12.6. The molecule has 0 amide bonds. The molecule has 1 heterocycles. The molecule has 1 atom stereocenters. The van der Waals surface area contributed by atoms with Crippen LogP contribution in [0.2, 0.25) is 0 Å². The van der Waals surface area contributed by atoms with E-state index in [1.807, 2.05) is 6.07 Å². The first-order valence-electron chi connectivity index (χ1n) is 7.33. The summed E-state index contributed by atoms with van der Waals surface area (Å²) < 4.78 is 11.3. The molecule has 0 bridgehead atoms. The van der Waals surface area contributed by atoms with Gasteiger partial charge in [-0.2, -0.15) is 15.8 Å². The fourth-order valence-corrected chi connectivity index (χ4v) is 2.19. The Balaban J connectivity index is 1.94. The van der Waals surface area contributed by atoms with Crippen LogP contribution >= 0.6 is 0 Å². The van der Waals surface area contributed by atoms with Crippen LogP contribution in [0.5, 0.6) is 5.75 Å². The normalized spacial score (nSPS) is 16.3. The van der Waals surface area contributed by atoms with E-state index in [1.165, 1.54) is 6.42 Å². The minimum Gasteiger partial charge on any atom is -0.491 e. The third-order valence-corrected chi connectivity index (χ3v) is 3.42. The molecule has 1 N–H and O–H groups in total. The Labute approximate surface area is 135 Å². The van der Waals surface area contributed by atoms with E-state index >= 15 is 0 Å². The van der Waals surface area contributed by atoms with Gasteiger partial charge in [0.1, 0.15) is 36.3 Å². The summed E-state index contributed by atoms with van der Waals surface area (Å²) >= 11 is 0. The molecule has 6 nitrogen and oxygen atoms in total. The minimum atomic E-state index is -0.248. The number of ether oxygens (including phenoxy) is 2. The summed E-state index contributed by atoms with van der Waals surface area (Å²) in [6, 6.07) is 12.2. The summed E-state index contributed by atoms with van der Waals surface area (Å²) in [6.45, 7) is 1.31. The van der Waals surface area contributed by atoms with Gasteiger partial charge in [-0.3, -0.25) is 0 Å². The molecule has 1 fully saturated rings. The topological polar surface area (TPSA) is 102 Å². The van der Waals surface area contributed by atoms with E-state index in [0.717, 1.165) is 19.4 Å². The van der Waals surface area contributed by atoms with Crippen LogP contribution in [0.25, 0.3) is 0 Å². The molecule has 1 aliphatic rings. The second-order valence-corrected chi connectivity index (χ2v) is 5.03. The van der Waals surface area contributed by atoms with Crippen molar-refractivity contribution in [1.29, 1.82) is 15.8 Å². The van der Waals surface area contributed by atoms with Gasteiger partial charge in [-0.15, -0.1) is 0 Å². The van der Waals surface area contributed by atoms with Gasteiger partial charge in [0.05, 0.1) is 6.10 Å². The molecule has 1 unspecified atom stereocenters. The van der Waals surface area contributed by atoms with Crippen molar-refractivity contribution in [2.45, 2.75) is 25.4 Å². The Morgan fingerprint density at radius 2 is 1.87 bits per heavy atom. The van der Waals surface area contributed by atoms with Gasteiger partial charge in [0, 0.05) is 12.3 Å². The molecule has 116 valence electrons. The average molecular weight is 308 g/mol. The highest BCUT2D eigenvalue weighted by atomic mass is 16.5. The van der Waals surface area contributed by atoms with Gasteiger partial charge < -0.3 is 14.8 Å². The molecule has 2 rings (SSSR count). The van der Waals surface area contributed by atoms with Crippen LogP contribution in [-0.2, 0) is 4.74 Å². The molecule has 0 saturated carbocycles. The van der Waals surface area contributed by atoms with E-state index in [9.17, 15) is 0 Å². The molecule has 1 aliphatic heterocycles. The SMILES string of the molecule is N#CC(C#N)=C(C#N)Nc1ccc(OCC2CCCCO2)cc1. The molecule has 1 aromatic carbocycles. The number of nitriles is 3. The monoisotopic (exact) mass is 308 g/mol. The van der Waals surface area contributed by atoms with Gasteiger partial charge in [-0.25, -0.2) is 0 Å². The van der Waals surface area contributed by atoms with Crippen LogP contribution in [0, 0.1) is 34.0 Å². The molecule has 1 aromatic rings. The van der Waals surface area contributed by atoms with Crippen molar-refractivity contribution >= 4 is 5.69 Å². The van der Waals surface area contributed by atoms with E-state index in [0.29, 0.717) is 18.0 Å². The summed E-state index contributed by atoms with van der Waals surface area (Å²) in [4.78, 5) is 0. The number of hydrogen-bond acceptors (Lipinski definition) is 6. The van der Waals surface area contributed by atoms with Crippen LogP contribution in [0.1, 0.15) is 19.3 Å². The zero-order valence-corrected chi connectivity index (χ0v) is 12.6. The quantitative estimate of drug-likeness (QED) is 0.839. The van der Waals surface area contributed by atoms with E-state index in [4.69, 9.17) is 25.3 Å². The van der Waals surface area contributed by atoms with Crippen molar-refractivity contribution in [3.8, 4) is 24.0 Å². The highest BCUT2D eigenvalue weighted by Crippen LogP contribution is 2.19. The van der Waals surface area contributed by atoms with Crippen molar-refractivity contribution in [2.24, 2.45) is 0 Å². The van der Waals surface area contributed by atoms with Crippen molar-refractivity contribution in [3.05, 3.63) is 35.5 Å². The van der Waals surface area contributed by atoms with Gasteiger partial charge >= 0.3 is 0 Å². The molecular weight excluding hydrogens is 292 g/mol. The summed E-state index contributed by atoms with van der Waals surface area (Å²) in [7, 11) is 0. The second-order valence-electron chi connectivity index (χ2n) is 5.03. The number of nitrogens with one attached hydrogen (secondary N) is 1. The molecule has 6 heteroatoms. The lowest BCUT2D eigenvalue weighted by Gasteiger charge is -2.22. The van der Waals surface area contributed by atoms with Crippen LogP contribution in [0.15, 0.2) is 35.5 Å². The summed E-state index contributed by atoms with van der Waals surface area (Å²) in [5.74, 6) is 0.702. The van der Waals surface area contributed by atoms with Crippen molar-refractivity contribution in [3.63, 3.8) is 0 Å². The molecule has 23 heavy (non-hydrogen) atoms. The Hall–Kier alpha value is -3.01. The lowest BCUT2D eigenvalue weighted by Crippen LogP contribution is -2.25. The lowest BCUT2D eigenvalue weighted by atomic mass is 10.1. The van der Waals surface area contributed by atoms with Gasteiger partial charge in [0.2, 0.25) is 0 Å². The van der Waals surface area contributed by atoms with Crippen LogP contribution in [0.4, 0.5) is 5.69 Å². The van der Waals surface area contributed by atoms with Gasteiger partial charge in [-0.05, 0) is 43.5 Å². The van der Waals surface area contributed by atoms with Crippen LogP contribution in [0.3, 0.4) is 0 Å². The van der Waals surface area contributed by atoms with E-state index < -0.39 is 0 Å². The average Bonchev–Trinajstić information content (AvgIpc) is 2.62. The second kappa shape index (κ2) is 8.44. The van der Waals surface area contributed by atoms with Gasteiger partial charge in [0.15, 0.2) is 5.57 Å². The van der Waals surface area contributed by atoms with E-state index in [1.54, 1.807) is 36.4 Å².